The molecule has 0 saturated carbocycles. The second-order valence-electron chi connectivity index (χ2n) is 9.10. The first kappa shape index (κ1) is 24.2. The van der Waals surface area contributed by atoms with E-state index < -0.39 is 5.97 Å². The predicted octanol–water partition coefficient (Wildman–Crippen LogP) is 7.64. The molecule has 0 saturated heterocycles. The number of ether oxygens (including phenoxy) is 3. The lowest BCUT2D eigenvalue weighted by Crippen LogP contribution is -2.09. The van der Waals surface area contributed by atoms with E-state index in [4.69, 9.17) is 18.6 Å². The average Bonchev–Trinajstić information content (AvgIpc) is 3.44. The molecule has 39 heavy (non-hydrogen) atoms. The summed E-state index contributed by atoms with van der Waals surface area (Å²) in [5, 5.41) is 0.611. The third kappa shape index (κ3) is 4.68. The Hall–Kier alpha value is -5.10. The topological polar surface area (TPSA) is 75.0 Å². The van der Waals surface area contributed by atoms with Crippen LogP contribution in [0, 0.1) is 6.92 Å². The van der Waals surface area contributed by atoms with Gasteiger partial charge in [-0.05, 0) is 66.9 Å². The summed E-state index contributed by atoms with van der Waals surface area (Å²) in [6.07, 6.45) is 1.71. The van der Waals surface area contributed by atoms with Crippen LogP contribution in [0.15, 0.2) is 101 Å². The molecule has 192 valence electrons. The van der Waals surface area contributed by atoms with Crippen molar-refractivity contribution in [3.63, 3.8) is 0 Å². The number of carbonyl (C=O) groups excluding carboxylic acids is 2. The van der Waals surface area contributed by atoms with Crippen molar-refractivity contribution in [2.45, 2.75) is 13.8 Å². The Kier molecular flexibility index (Phi) is 6.21. The number of esters is 1. The van der Waals surface area contributed by atoms with Crippen LogP contribution in [-0.2, 0) is 0 Å². The molecule has 0 amide bonds. The first-order valence-electron chi connectivity index (χ1n) is 12.6. The van der Waals surface area contributed by atoms with Gasteiger partial charge in [0.1, 0.15) is 34.2 Å². The van der Waals surface area contributed by atoms with Crippen molar-refractivity contribution in [1.82, 2.24) is 0 Å². The molecule has 1 aliphatic heterocycles. The molecule has 6 rings (SSSR count). The maximum absolute atomic E-state index is 13.1. The highest BCUT2D eigenvalue weighted by Gasteiger charge is 2.28. The predicted molar refractivity (Wildman–Crippen MR) is 148 cm³/mol. The van der Waals surface area contributed by atoms with Crippen molar-refractivity contribution in [2.75, 3.05) is 6.61 Å². The number of rotatable bonds is 6. The molecule has 6 nitrogen and oxygen atoms in total. The Balaban J connectivity index is 1.21. The highest BCUT2D eigenvalue weighted by molar-refractivity contribution is 6.14. The number of hydrogen-bond acceptors (Lipinski definition) is 6. The number of hydrogen-bond donors (Lipinski definition) is 0. The van der Waals surface area contributed by atoms with E-state index in [0.29, 0.717) is 46.0 Å². The van der Waals surface area contributed by atoms with Gasteiger partial charge in [0.05, 0.1) is 12.2 Å². The summed E-state index contributed by atoms with van der Waals surface area (Å²) in [7, 11) is 0. The number of furan rings is 1. The number of aryl methyl sites for hydroxylation is 1. The van der Waals surface area contributed by atoms with Gasteiger partial charge in [-0.15, -0.1) is 0 Å². The molecule has 0 spiro atoms. The minimum atomic E-state index is -0.571. The lowest BCUT2D eigenvalue weighted by Gasteiger charge is -2.06. The van der Waals surface area contributed by atoms with Crippen LogP contribution in [-0.4, -0.2) is 18.4 Å². The zero-order valence-corrected chi connectivity index (χ0v) is 21.4. The molecule has 1 aromatic heterocycles. The van der Waals surface area contributed by atoms with Crippen LogP contribution >= 0.6 is 0 Å². The maximum Gasteiger partial charge on any atom is 0.347 e. The highest BCUT2D eigenvalue weighted by atomic mass is 16.5. The van der Waals surface area contributed by atoms with Gasteiger partial charge in [-0.1, -0.05) is 54.6 Å². The van der Waals surface area contributed by atoms with Gasteiger partial charge in [0, 0.05) is 11.5 Å². The largest absolute Gasteiger partial charge is 0.494 e. The van der Waals surface area contributed by atoms with Gasteiger partial charge in [0.2, 0.25) is 5.78 Å². The summed E-state index contributed by atoms with van der Waals surface area (Å²) < 4.78 is 22.9. The summed E-state index contributed by atoms with van der Waals surface area (Å²) in [6, 6.07) is 28.0. The van der Waals surface area contributed by atoms with Crippen LogP contribution < -0.4 is 14.2 Å². The Morgan fingerprint density at radius 2 is 1.62 bits per heavy atom. The molecule has 0 unspecified atom stereocenters. The zero-order chi connectivity index (χ0) is 26.9. The molecule has 0 atom stereocenters. The van der Waals surface area contributed by atoms with Crippen LogP contribution in [0.25, 0.3) is 28.2 Å². The molecule has 0 aliphatic carbocycles. The van der Waals surface area contributed by atoms with Gasteiger partial charge in [0.15, 0.2) is 5.76 Å². The SMILES string of the molecule is CCOc1ccc2oc(C)c(C(=O)Oc3ccc4c(c3)OC(=Cc3ccc(-c5ccccc5)cc3)C4=O)c2c1. The van der Waals surface area contributed by atoms with E-state index in [-0.39, 0.29) is 17.3 Å². The molecule has 0 N–H and O–H groups in total. The Bertz CT molecular complexity index is 1740. The van der Waals surface area contributed by atoms with Gasteiger partial charge in [-0.2, -0.15) is 0 Å². The molecular formula is C33H24O6. The fourth-order valence-electron chi connectivity index (χ4n) is 4.65. The van der Waals surface area contributed by atoms with Gasteiger partial charge in [0.25, 0.3) is 0 Å². The number of ketones is 1. The molecule has 2 heterocycles. The zero-order valence-electron chi connectivity index (χ0n) is 21.4. The number of carbonyl (C=O) groups is 2. The number of allylic oxidation sites excluding steroid dienone is 1. The van der Waals surface area contributed by atoms with Gasteiger partial charge in [-0.3, -0.25) is 4.79 Å². The minimum Gasteiger partial charge on any atom is -0.494 e. The van der Waals surface area contributed by atoms with Crippen LogP contribution in [0.1, 0.15) is 39.0 Å². The van der Waals surface area contributed by atoms with E-state index in [1.807, 2.05) is 61.5 Å². The molecule has 0 bridgehead atoms. The van der Waals surface area contributed by atoms with Crippen LogP contribution in [0.2, 0.25) is 0 Å². The molecule has 6 heteroatoms. The quantitative estimate of drug-likeness (QED) is 0.131. The van der Waals surface area contributed by atoms with Gasteiger partial charge < -0.3 is 18.6 Å². The van der Waals surface area contributed by atoms with Crippen molar-refractivity contribution in [3.8, 4) is 28.4 Å². The van der Waals surface area contributed by atoms with E-state index in [2.05, 4.69) is 0 Å². The lowest BCUT2D eigenvalue weighted by atomic mass is 10.0. The van der Waals surface area contributed by atoms with Crippen LogP contribution in [0.4, 0.5) is 0 Å². The Morgan fingerprint density at radius 3 is 2.38 bits per heavy atom. The van der Waals surface area contributed by atoms with Crippen molar-refractivity contribution in [3.05, 3.63) is 119 Å². The minimum absolute atomic E-state index is 0.209. The van der Waals surface area contributed by atoms with Crippen LogP contribution in [0.3, 0.4) is 0 Å². The fraction of sp³-hybridized carbons (Fsp3) is 0.0909. The van der Waals surface area contributed by atoms with Gasteiger partial charge in [-0.25, -0.2) is 4.79 Å². The molecular weight excluding hydrogens is 492 g/mol. The van der Waals surface area contributed by atoms with E-state index >= 15 is 0 Å². The highest BCUT2D eigenvalue weighted by Crippen LogP contribution is 2.36. The number of fused-ring (bicyclic) bond motifs is 2. The van der Waals surface area contributed by atoms with E-state index in [1.165, 1.54) is 0 Å². The monoisotopic (exact) mass is 516 g/mol. The first-order valence-corrected chi connectivity index (χ1v) is 12.6. The van der Waals surface area contributed by atoms with Crippen molar-refractivity contribution >= 4 is 28.8 Å². The summed E-state index contributed by atoms with van der Waals surface area (Å²) in [5.41, 5.74) is 4.34. The summed E-state index contributed by atoms with van der Waals surface area (Å²) in [5.74, 6) is 1.09. The maximum atomic E-state index is 13.1. The molecule has 5 aromatic rings. The Labute approximate surface area is 225 Å². The number of benzene rings is 4. The summed E-state index contributed by atoms with van der Waals surface area (Å²) >= 11 is 0. The first-order chi connectivity index (χ1) is 19.0. The fourth-order valence-corrected chi connectivity index (χ4v) is 4.65. The van der Waals surface area contributed by atoms with Crippen molar-refractivity contribution in [1.29, 1.82) is 0 Å². The van der Waals surface area contributed by atoms with E-state index in [9.17, 15) is 9.59 Å². The molecule has 0 fully saturated rings. The Morgan fingerprint density at radius 1 is 0.872 bits per heavy atom. The third-order valence-electron chi connectivity index (χ3n) is 6.52. The standard InChI is InChI=1S/C33H24O6/c1-3-36-24-14-16-28-27(18-24)31(20(2)37-28)33(35)38-25-13-15-26-29(19-25)39-30(32(26)34)17-21-9-11-23(12-10-21)22-7-5-4-6-8-22/h4-19H,3H2,1-2H3. The van der Waals surface area contributed by atoms with E-state index in [0.717, 1.165) is 16.7 Å². The van der Waals surface area contributed by atoms with Gasteiger partial charge >= 0.3 is 5.97 Å². The number of Topliss-reactive ketones (excluding diaryl/α,β-unsaturated/α-hetero) is 1. The normalized spacial score (nSPS) is 13.4. The lowest BCUT2D eigenvalue weighted by molar-refractivity contribution is 0.0734. The molecule has 1 aliphatic rings. The summed E-state index contributed by atoms with van der Waals surface area (Å²) in [6.45, 7) is 4.11. The van der Waals surface area contributed by atoms with E-state index in [1.54, 1.807) is 49.4 Å². The van der Waals surface area contributed by atoms with Crippen molar-refractivity contribution < 1.29 is 28.2 Å². The second kappa shape index (κ2) is 9.99. The molecule has 0 radical (unpaired) electrons. The smallest absolute Gasteiger partial charge is 0.347 e. The average molecular weight is 517 g/mol. The third-order valence-corrected chi connectivity index (χ3v) is 6.52. The molecule has 4 aromatic carbocycles. The second-order valence-corrected chi connectivity index (χ2v) is 9.10. The van der Waals surface area contributed by atoms with Crippen LogP contribution in [0.5, 0.6) is 17.2 Å². The summed E-state index contributed by atoms with van der Waals surface area (Å²) in [4.78, 5) is 26.1. The van der Waals surface area contributed by atoms with Crippen molar-refractivity contribution in [2.24, 2.45) is 0 Å².